The maximum Gasteiger partial charge on any atom is 0.235 e. The van der Waals surface area contributed by atoms with E-state index in [1.54, 1.807) is 0 Å². The number of isocyanates is 1. The van der Waals surface area contributed by atoms with Gasteiger partial charge in [-0.1, -0.05) is 24.4 Å². The van der Waals surface area contributed by atoms with Crippen LogP contribution in [0.2, 0.25) is 5.02 Å². The zero-order chi connectivity index (χ0) is 14.2. The molecule has 0 heterocycles. The highest BCUT2D eigenvalue weighted by Crippen LogP contribution is 2.48. The Hall–Kier alpha value is -0.840. The van der Waals surface area contributed by atoms with Crippen molar-refractivity contribution >= 4 is 33.6 Å². The molecule has 1 saturated carbocycles. The first-order chi connectivity index (χ1) is 8.94. The Morgan fingerprint density at radius 1 is 1.16 bits per heavy atom. The molecule has 2 rings (SSSR count). The number of halogens is 5. The summed E-state index contributed by atoms with van der Waals surface area (Å²) in [5.41, 5.74) is -1.71. The Morgan fingerprint density at radius 2 is 1.74 bits per heavy atom. The lowest BCUT2D eigenvalue weighted by atomic mass is 9.88. The topological polar surface area (TPSA) is 29.4 Å². The van der Waals surface area contributed by atoms with E-state index in [1.807, 2.05) is 0 Å². The third-order valence-corrected chi connectivity index (χ3v) is 4.42. The Bertz CT molecular complexity index is 552. The van der Waals surface area contributed by atoms with Crippen molar-refractivity contribution in [2.45, 2.75) is 31.2 Å². The van der Waals surface area contributed by atoms with Gasteiger partial charge in [-0.3, -0.25) is 0 Å². The van der Waals surface area contributed by atoms with E-state index in [9.17, 15) is 18.0 Å². The van der Waals surface area contributed by atoms with Crippen LogP contribution in [-0.2, 0) is 10.3 Å². The Morgan fingerprint density at radius 3 is 2.26 bits per heavy atom. The van der Waals surface area contributed by atoms with Crippen molar-refractivity contribution < 1.29 is 18.0 Å². The van der Waals surface area contributed by atoms with Gasteiger partial charge in [-0.15, -0.1) is 0 Å². The van der Waals surface area contributed by atoms with Gasteiger partial charge in [-0.05, 0) is 28.8 Å². The Balaban J connectivity index is 2.78. The molecule has 0 saturated heterocycles. The minimum Gasteiger partial charge on any atom is -0.211 e. The summed E-state index contributed by atoms with van der Waals surface area (Å²) in [4.78, 5) is 14.1. The standard InChI is InChI=1S/C12H8BrClF3NO/c13-7-10(16)8(14)6(9(15)11(7)17)12(18-5-19)3-1-2-4-12/h1-4H2. The number of carbonyl (C=O) groups excluding carboxylic acids is 1. The number of benzene rings is 1. The van der Waals surface area contributed by atoms with Crippen LogP contribution < -0.4 is 0 Å². The molecule has 0 aromatic heterocycles. The molecule has 1 aliphatic carbocycles. The average Bonchev–Trinajstić information content (AvgIpc) is 2.84. The van der Waals surface area contributed by atoms with Crippen LogP contribution in [0.1, 0.15) is 31.2 Å². The van der Waals surface area contributed by atoms with Crippen molar-refractivity contribution in [3.63, 3.8) is 0 Å². The normalized spacial score (nSPS) is 17.3. The molecule has 7 heteroatoms. The first-order valence-corrected chi connectivity index (χ1v) is 6.72. The summed E-state index contributed by atoms with van der Waals surface area (Å²) in [5, 5.41) is -0.549. The highest BCUT2D eigenvalue weighted by molar-refractivity contribution is 9.10. The number of rotatable bonds is 2. The van der Waals surface area contributed by atoms with Crippen LogP contribution in [0.15, 0.2) is 9.47 Å². The highest BCUT2D eigenvalue weighted by Gasteiger charge is 2.42. The second-order valence-electron chi connectivity index (χ2n) is 4.39. The first kappa shape index (κ1) is 14.6. The van der Waals surface area contributed by atoms with Gasteiger partial charge < -0.3 is 0 Å². The number of nitrogens with zero attached hydrogens (tertiary/aromatic N) is 1. The third kappa shape index (κ3) is 2.22. The summed E-state index contributed by atoms with van der Waals surface area (Å²) in [6, 6.07) is 0. The van der Waals surface area contributed by atoms with Crippen molar-refractivity contribution in [1.82, 2.24) is 0 Å². The van der Waals surface area contributed by atoms with Gasteiger partial charge in [0.25, 0.3) is 0 Å². The van der Waals surface area contributed by atoms with Crippen LogP contribution in [-0.4, -0.2) is 6.08 Å². The van der Waals surface area contributed by atoms with Crippen molar-refractivity contribution in [3.8, 4) is 0 Å². The number of hydrogen-bond acceptors (Lipinski definition) is 2. The summed E-state index contributed by atoms with van der Waals surface area (Å²) in [6.07, 6.45) is 3.29. The molecule has 102 valence electrons. The zero-order valence-corrected chi connectivity index (χ0v) is 11.9. The molecule has 0 atom stereocenters. The van der Waals surface area contributed by atoms with Crippen LogP contribution >= 0.6 is 27.5 Å². The van der Waals surface area contributed by atoms with Gasteiger partial charge in [0, 0.05) is 5.56 Å². The molecule has 1 aliphatic rings. The van der Waals surface area contributed by atoms with E-state index in [-0.39, 0.29) is 0 Å². The van der Waals surface area contributed by atoms with E-state index in [0.29, 0.717) is 25.7 Å². The van der Waals surface area contributed by atoms with E-state index >= 15 is 0 Å². The van der Waals surface area contributed by atoms with E-state index in [4.69, 9.17) is 11.6 Å². The van der Waals surface area contributed by atoms with Gasteiger partial charge in [-0.2, -0.15) is 4.99 Å². The molecule has 1 aromatic carbocycles. The Labute approximate surface area is 120 Å². The lowest BCUT2D eigenvalue weighted by Crippen LogP contribution is -2.23. The molecule has 0 bridgehead atoms. The van der Waals surface area contributed by atoms with Crippen molar-refractivity contribution in [3.05, 3.63) is 32.5 Å². The van der Waals surface area contributed by atoms with E-state index in [1.165, 1.54) is 6.08 Å². The van der Waals surface area contributed by atoms with Gasteiger partial charge in [-0.25, -0.2) is 18.0 Å². The third-order valence-electron chi connectivity index (χ3n) is 3.37. The fourth-order valence-corrected chi connectivity index (χ4v) is 3.32. The fourth-order valence-electron chi connectivity index (χ4n) is 2.48. The summed E-state index contributed by atoms with van der Waals surface area (Å²) in [6.45, 7) is 0. The van der Waals surface area contributed by atoms with Crippen molar-refractivity contribution in [2.75, 3.05) is 0 Å². The van der Waals surface area contributed by atoms with Crippen molar-refractivity contribution in [2.24, 2.45) is 4.99 Å². The number of hydrogen-bond donors (Lipinski definition) is 0. The van der Waals surface area contributed by atoms with Crippen LogP contribution in [0.25, 0.3) is 0 Å². The monoisotopic (exact) mass is 353 g/mol. The lowest BCUT2D eigenvalue weighted by molar-refractivity contribution is 0.402. The largest absolute Gasteiger partial charge is 0.235 e. The average molecular weight is 355 g/mol. The molecule has 0 N–H and O–H groups in total. The van der Waals surface area contributed by atoms with E-state index in [0.717, 1.165) is 0 Å². The highest BCUT2D eigenvalue weighted by atomic mass is 79.9. The summed E-state index contributed by atoms with van der Waals surface area (Å²) in [5.74, 6) is -3.74. The minimum absolute atomic E-state index is 0.305. The fraction of sp³-hybridized carbons (Fsp3) is 0.417. The van der Waals surface area contributed by atoms with Gasteiger partial charge >= 0.3 is 0 Å². The first-order valence-electron chi connectivity index (χ1n) is 5.55. The predicted molar refractivity (Wildman–Crippen MR) is 67.3 cm³/mol. The smallest absolute Gasteiger partial charge is 0.211 e. The van der Waals surface area contributed by atoms with E-state index < -0.39 is 38.0 Å². The van der Waals surface area contributed by atoms with Gasteiger partial charge in [0.2, 0.25) is 6.08 Å². The zero-order valence-electron chi connectivity index (χ0n) is 9.57. The predicted octanol–water partition coefficient (Wildman–Crippen LogP) is 4.62. The number of aliphatic imine (C=N–C) groups is 1. The second kappa shape index (κ2) is 5.27. The van der Waals surface area contributed by atoms with Crippen molar-refractivity contribution in [1.29, 1.82) is 0 Å². The Kier molecular flexibility index (Phi) is 4.04. The summed E-state index contributed by atoms with van der Waals surface area (Å²) >= 11 is 8.38. The molecular formula is C12H8BrClF3NO. The summed E-state index contributed by atoms with van der Waals surface area (Å²) < 4.78 is 40.8. The molecule has 1 fully saturated rings. The SMILES string of the molecule is O=C=NC1(c2c(F)c(F)c(Br)c(F)c2Cl)CCCC1. The molecule has 0 aliphatic heterocycles. The molecule has 2 nitrogen and oxygen atoms in total. The molecule has 0 unspecified atom stereocenters. The molecular weight excluding hydrogens is 346 g/mol. The van der Waals surface area contributed by atoms with Gasteiger partial charge in [0.05, 0.1) is 9.50 Å². The maximum absolute atomic E-state index is 14.1. The van der Waals surface area contributed by atoms with E-state index in [2.05, 4.69) is 20.9 Å². The maximum atomic E-state index is 14.1. The summed E-state index contributed by atoms with van der Waals surface area (Å²) in [7, 11) is 0. The molecule has 0 spiro atoms. The molecule has 0 amide bonds. The molecule has 0 radical (unpaired) electrons. The van der Waals surface area contributed by atoms with Gasteiger partial charge in [0.1, 0.15) is 5.54 Å². The lowest BCUT2D eigenvalue weighted by Gasteiger charge is -2.25. The van der Waals surface area contributed by atoms with Crippen LogP contribution in [0.5, 0.6) is 0 Å². The molecule has 1 aromatic rings. The van der Waals surface area contributed by atoms with Gasteiger partial charge in [0.15, 0.2) is 17.5 Å². The second-order valence-corrected chi connectivity index (χ2v) is 5.56. The van der Waals surface area contributed by atoms with Crippen LogP contribution in [0.4, 0.5) is 13.2 Å². The van der Waals surface area contributed by atoms with Crippen LogP contribution in [0, 0.1) is 17.5 Å². The minimum atomic E-state index is -1.37. The molecule has 19 heavy (non-hydrogen) atoms. The quantitative estimate of drug-likeness (QED) is 0.330. The van der Waals surface area contributed by atoms with Crippen LogP contribution in [0.3, 0.4) is 0 Å².